The van der Waals surface area contributed by atoms with Crippen LogP contribution in [0.15, 0.2) is 12.2 Å². The second kappa shape index (κ2) is 14.7. The minimum absolute atomic E-state index is 0.0740. The monoisotopic (exact) mass is 397 g/mol. The third kappa shape index (κ3) is 14.8. The van der Waals surface area contributed by atoms with E-state index in [0.717, 1.165) is 32.1 Å². The number of Topliss-reactive ketones (excluding diaryl/α,β-unsaturated/α-hetero) is 1. The van der Waals surface area contributed by atoms with Crippen LogP contribution in [0.1, 0.15) is 90.4 Å². The summed E-state index contributed by atoms with van der Waals surface area (Å²) < 4.78 is 0.321. The molecule has 0 aliphatic carbocycles. The summed E-state index contributed by atoms with van der Waals surface area (Å²) in [5.41, 5.74) is -1.83. The minimum Gasteiger partial charge on any atom is -0.550 e. The Kier molecular flexibility index (Phi) is 14.1. The summed E-state index contributed by atoms with van der Waals surface area (Å²) in [4.78, 5) is 23.4. The molecule has 0 aliphatic heterocycles. The number of carboxylic acid groups (broad SMARTS) is 1. The van der Waals surface area contributed by atoms with Crippen LogP contribution < -0.4 is 5.11 Å². The normalized spacial score (nSPS) is 14.3. The number of hydrogen-bond acceptors (Lipinski definition) is 4. The number of carboxylic acids is 1. The fraction of sp³-hybridized carbons (Fsp3) is 0.826. The van der Waals surface area contributed by atoms with Gasteiger partial charge in [0.2, 0.25) is 0 Å². The number of quaternary nitrogens is 1. The number of carbonyl (C=O) groups is 2. The van der Waals surface area contributed by atoms with Crippen molar-refractivity contribution in [3.05, 3.63) is 12.2 Å². The SMILES string of the molecule is CCCCCCC=CCCCCCCCC(=O)C(O)(CC(=O)[O-])C[N+](C)(C)C. The quantitative estimate of drug-likeness (QED) is 0.218. The van der Waals surface area contributed by atoms with Gasteiger partial charge < -0.3 is 19.5 Å². The lowest BCUT2D eigenvalue weighted by molar-refractivity contribution is -0.875. The second-order valence-electron chi connectivity index (χ2n) is 9.08. The van der Waals surface area contributed by atoms with Crippen LogP contribution in [0.5, 0.6) is 0 Å². The molecule has 28 heavy (non-hydrogen) atoms. The number of likely N-dealkylation sites (N-methyl/N-ethyl adjacent to an activating group) is 1. The molecule has 1 atom stereocenters. The van der Waals surface area contributed by atoms with Gasteiger partial charge in [-0.1, -0.05) is 57.6 Å². The summed E-state index contributed by atoms with van der Waals surface area (Å²) in [6, 6.07) is 0. The topological polar surface area (TPSA) is 77.4 Å². The molecule has 5 heteroatoms. The summed E-state index contributed by atoms with van der Waals surface area (Å²) >= 11 is 0. The molecule has 0 rings (SSSR count). The molecule has 0 aliphatic rings. The van der Waals surface area contributed by atoms with Gasteiger partial charge in [-0.15, -0.1) is 0 Å². The van der Waals surface area contributed by atoms with Crippen LogP contribution in [0.4, 0.5) is 0 Å². The van der Waals surface area contributed by atoms with Crippen molar-refractivity contribution >= 4 is 11.8 Å². The highest BCUT2D eigenvalue weighted by atomic mass is 16.4. The van der Waals surface area contributed by atoms with Crippen LogP contribution in [-0.2, 0) is 9.59 Å². The second-order valence-corrected chi connectivity index (χ2v) is 9.08. The number of nitrogens with zero attached hydrogens (tertiary/aromatic N) is 1. The van der Waals surface area contributed by atoms with E-state index in [4.69, 9.17) is 0 Å². The number of carbonyl (C=O) groups excluding carboxylic acids is 2. The van der Waals surface area contributed by atoms with Crippen molar-refractivity contribution in [1.29, 1.82) is 0 Å². The van der Waals surface area contributed by atoms with E-state index >= 15 is 0 Å². The van der Waals surface area contributed by atoms with Gasteiger partial charge in [0.05, 0.1) is 21.1 Å². The molecule has 0 spiro atoms. The molecular formula is C23H43NO4. The van der Waals surface area contributed by atoms with E-state index in [0.29, 0.717) is 10.9 Å². The van der Waals surface area contributed by atoms with Gasteiger partial charge in [0, 0.05) is 18.8 Å². The Morgan fingerprint density at radius 1 is 0.893 bits per heavy atom. The molecule has 0 aromatic carbocycles. The summed E-state index contributed by atoms with van der Waals surface area (Å²) in [7, 11) is 5.48. The van der Waals surface area contributed by atoms with E-state index in [1.165, 1.54) is 32.1 Å². The molecule has 0 aromatic rings. The Balaban J connectivity index is 3.94. The van der Waals surface area contributed by atoms with Gasteiger partial charge in [0.15, 0.2) is 11.4 Å². The Morgan fingerprint density at radius 3 is 1.89 bits per heavy atom. The Bertz CT molecular complexity index is 468. The highest BCUT2D eigenvalue weighted by molar-refractivity contribution is 5.90. The number of unbranched alkanes of at least 4 members (excludes halogenated alkanes) is 9. The smallest absolute Gasteiger partial charge is 0.177 e. The molecule has 0 aromatic heterocycles. The molecule has 0 heterocycles. The zero-order valence-electron chi connectivity index (χ0n) is 18.7. The number of aliphatic hydroxyl groups is 1. The molecule has 1 N–H and O–H groups in total. The zero-order valence-corrected chi connectivity index (χ0v) is 18.7. The first-order valence-corrected chi connectivity index (χ1v) is 11.0. The van der Waals surface area contributed by atoms with Gasteiger partial charge in [-0.05, 0) is 32.1 Å². The third-order valence-corrected chi connectivity index (χ3v) is 4.86. The maximum atomic E-state index is 12.4. The van der Waals surface area contributed by atoms with Gasteiger partial charge >= 0.3 is 0 Å². The zero-order chi connectivity index (χ0) is 21.5. The number of aliphatic carboxylic acids is 1. The predicted molar refractivity (Wildman–Crippen MR) is 113 cm³/mol. The van der Waals surface area contributed by atoms with E-state index < -0.39 is 18.0 Å². The van der Waals surface area contributed by atoms with Crippen molar-refractivity contribution in [2.75, 3.05) is 27.7 Å². The predicted octanol–water partition coefficient (Wildman–Crippen LogP) is 3.39. The Morgan fingerprint density at radius 2 is 1.39 bits per heavy atom. The molecule has 0 fully saturated rings. The van der Waals surface area contributed by atoms with Crippen molar-refractivity contribution in [2.24, 2.45) is 0 Å². The first kappa shape index (κ1) is 26.8. The van der Waals surface area contributed by atoms with E-state index in [2.05, 4.69) is 19.1 Å². The van der Waals surface area contributed by atoms with E-state index in [-0.39, 0.29) is 18.7 Å². The maximum Gasteiger partial charge on any atom is 0.177 e. The lowest BCUT2D eigenvalue weighted by atomic mass is 9.89. The van der Waals surface area contributed by atoms with Crippen molar-refractivity contribution in [3.63, 3.8) is 0 Å². The number of allylic oxidation sites excluding steroid dienone is 2. The average Bonchev–Trinajstić information content (AvgIpc) is 2.56. The largest absolute Gasteiger partial charge is 0.550 e. The van der Waals surface area contributed by atoms with Crippen LogP contribution in [0, 0.1) is 0 Å². The molecule has 164 valence electrons. The highest BCUT2D eigenvalue weighted by Crippen LogP contribution is 2.19. The van der Waals surface area contributed by atoms with Crippen LogP contribution >= 0.6 is 0 Å². The van der Waals surface area contributed by atoms with Gasteiger partial charge in [0.1, 0.15) is 6.54 Å². The van der Waals surface area contributed by atoms with Gasteiger partial charge in [-0.25, -0.2) is 0 Å². The average molecular weight is 398 g/mol. The van der Waals surface area contributed by atoms with Crippen LogP contribution in [0.2, 0.25) is 0 Å². The summed E-state index contributed by atoms with van der Waals surface area (Å²) in [5.74, 6) is -1.77. The minimum atomic E-state index is -1.83. The van der Waals surface area contributed by atoms with Gasteiger partial charge in [-0.3, -0.25) is 4.79 Å². The summed E-state index contributed by atoms with van der Waals surface area (Å²) in [6.07, 6.45) is 16.7. The van der Waals surface area contributed by atoms with E-state index in [1.807, 2.05) is 21.1 Å². The molecule has 0 amide bonds. The summed E-state index contributed by atoms with van der Waals surface area (Å²) in [5, 5.41) is 21.5. The number of rotatable bonds is 18. The van der Waals surface area contributed by atoms with Crippen LogP contribution in [0.3, 0.4) is 0 Å². The van der Waals surface area contributed by atoms with Gasteiger partial charge in [0.25, 0.3) is 0 Å². The molecule has 1 unspecified atom stereocenters. The fourth-order valence-corrected chi connectivity index (χ4v) is 3.50. The fourth-order valence-electron chi connectivity index (χ4n) is 3.50. The van der Waals surface area contributed by atoms with Crippen LogP contribution in [0.25, 0.3) is 0 Å². The van der Waals surface area contributed by atoms with E-state index in [9.17, 15) is 19.8 Å². The Labute approximate surface area is 172 Å². The molecular weight excluding hydrogens is 354 g/mol. The standard InChI is InChI=1S/C23H43NO4/c1-5-6-7-8-9-10-11-12-13-14-15-16-17-18-21(25)23(28,19-22(26)27)20-24(2,3)4/h10-11,28H,5-9,12-20H2,1-4H3. The first-order valence-electron chi connectivity index (χ1n) is 11.0. The lowest BCUT2D eigenvalue weighted by Gasteiger charge is -2.34. The van der Waals surface area contributed by atoms with Crippen molar-refractivity contribution in [2.45, 2.75) is 96.0 Å². The third-order valence-electron chi connectivity index (χ3n) is 4.86. The van der Waals surface area contributed by atoms with Crippen molar-refractivity contribution in [1.82, 2.24) is 0 Å². The van der Waals surface area contributed by atoms with E-state index in [1.54, 1.807) is 0 Å². The highest BCUT2D eigenvalue weighted by Gasteiger charge is 2.40. The molecule has 5 nitrogen and oxygen atoms in total. The van der Waals surface area contributed by atoms with Crippen molar-refractivity contribution in [3.8, 4) is 0 Å². The number of hydrogen-bond donors (Lipinski definition) is 1. The number of ketones is 1. The summed E-state index contributed by atoms with van der Waals surface area (Å²) in [6.45, 7) is 2.30. The Hall–Kier alpha value is -1.20. The van der Waals surface area contributed by atoms with Crippen molar-refractivity contribution < 1.29 is 24.3 Å². The molecule has 0 radical (unpaired) electrons. The maximum absolute atomic E-state index is 12.4. The van der Waals surface area contributed by atoms with Crippen LogP contribution in [-0.4, -0.2) is 54.6 Å². The molecule has 0 saturated heterocycles. The molecule has 0 bridgehead atoms. The lowest BCUT2D eigenvalue weighted by Crippen LogP contribution is -2.56. The first-order chi connectivity index (χ1) is 13.1. The van der Waals surface area contributed by atoms with Gasteiger partial charge in [-0.2, -0.15) is 0 Å². The molecule has 0 saturated carbocycles.